The third-order valence-corrected chi connectivity index (χ3v) is 4.33. The second-order valence-corrected chi connectivity index (χ2v) is 6.32. The first kappa shape index (κ1) is 16.1. The fraction of sp³-hybridized carbons (Fsp3) is 0.143. The predicted molar refractivity (Wildman–Crippen MR) is 102 cm³/mol. The quantitative estimate of drug-likeness (QED) is 0.521. The van der Waals surface area contributed by atoms with Gasteiger partial charge in [0.25, 0.3) is 0 Å². The van der Waals surface area contributed by atoms with E-state index in [1.165, 1.54) is 6.92 Å². The van der Waals surface area contributed by atoms with Crippen molar-refractivity contribution in [3.63, 3.8) is 0 Å². The van der Waals surface area contributed by atoms with Crippen molar-refractivity contribution in [2.24, 2.45) is 0 Å². The molecule has 0 amide bonds. The summed E-state index contributed by atoms with van der Waals surface area (Å²) < 4.78 is 1.96. The van der Waals surface area contributed by atoms with Crippen molar-refractivity contribution in [3.8, 4) is 17.1 Å². The Morgan fingerprint density at radius 2 is 1.58 bits per heavy atom. The van der Waals surface area contributed by atoms with Crippen LogP contribution < -0.4 is 0 Å². The zero-order chi connectivity index (χ0) is 18.3. The van der Waals surface area contributed by atoms with E-state index in [0.29, 0.717) is 22.7 Å². The number of carbonyl (C=O) groups is 1. The summed E-state index contributed by atoms with van der Waals surface area (Å²) in [7, 11) is 0. The molecular formula is C21H18N4O. The first-order valence-corrected chi connectivity index (χ1v) is 8.45. The van der Waals surface area contributed by atoms with Crippen LogP contribution in [0.4, 0.5) is 0 Å². The molecule has 0 saturated carbocycles. The molecule has 0 atom stereocenters. The average molecular weight is 342 g/mol. The molecule has 0 N–H and O–H groups in total. The number of para-hydroxylation sites is 1. The van der Waals surface area contributed by atoms with Crippen LogP contribution in [-0.2, 0) is 0 Å². The van der Waals surface area contributed by atoms with Crippen molar-refractivity contribution in [2.45, 2.75) is 20.8 Å². The molecule has 0 saturated heterocycles. The Balaban J connectivity index is 2.04. The monoisotopic (exact) mass is 342 g/mol. The summed E-state index contributed by atoms with van der Waals surface area (Å²) >= 11 is 0. The second-order valence-electron chi connectivity index (χ2n) is 6.32. The molecule has 128 valence electrons. The number of rotatable bonds is 3. The molecule has 4 rings (SSSR count). The molecule has 2 heterocycles. The van der Waals surface area contributed by atoms with Crippen molar-refractivity contribution in [1.82, 2.24) is 19.5 Å². The molecule has 26 heavy (non-hydrogen) atoms. The summed E-state index contributed by atoms with van der Waals surface area (Å²) in [6, 6.07) is 17.8. The fourth-order valence-electron chi connectivity index (χ4n) is 3.03. The lowest BCUT2D eigenvalue weighted by Gasteiger charge is -2.08. The molecule has 4 aromatic rings. The van der Waals surface area contributed by atoms with Crippen LogP contribution >= 0.6 is 0 Å². The number of hydrogen-bond acceptors (Lipinski definition) is 4. The summed E-state index contributed by atoms with van der Waals surface area (Å²) in [5, 5.41) is 0. The number of nitrogens with zero attached hydrogens (tertiary/aromatic N) is 4. The van der Waals surface area contributed by atoms with Gasteiger partial charge in [-0.25, -0.2) is 15.0 Å². The maximum Gasteiger partial charge on any atom is 0.180 e. The number of Topliss-reactive ketones (excluding diaryl/α,β-unsaturated/α-hetero) is 1. The highest BCUT2D eigenvalue weighted by Crippen LogP contribution is 2.25. The van der Waals surface area contributed by atoms with Crippen molar-refractivity contribution in [2.75, 3.05) is 0 Å². The Hall–Kier alpha value is -3.34. The molecule has 0 aliphatic carbocycles. The van der Waals surface area contributed by atoms with Crippen LogP contribution in [0.3, 0.4) is 0 Å². The number of aromatic nitrogens is 4. The highest BCUT2D eigenvalue weighted by Gasteiger charge is 2.19. The summed E-state index contributed by atoms with van der Waals surface area (Å²) in [5.41, 5.74) is 4.52. The molecule has 5 heteroatoms. The third-order valence-electron chi connectivity index (χ3n) is 4.33. The fourth-order valence-corrected chi connectivity index (χ4v) is 3.03. The van der Waals surface area contributed by atoms with Gasteiger partial charge in [0.15, 0.2) is 17.3 Å². The standard InChI is InChI=1S/C21H18N4O/c1-13-9-11-16(12-10-13)20-23-18(14(2)26)19-21(24-20)25(15(3)22-19)17-7-5-4-6-8-17/h4-12H,1-3H3. The Bertz CT molecular complexity index is 1110. The van der Waals surface area contributed by atoms with E-state index in [2.05, 4.69) is 9.97 Å². The maximum absolute atomic E-state index is 12.2. The normalized spacial score (nSPS) is 11.0. The molecule has 0 spiro atoms. The van der Waals surface area contributed by atoms with E-state index in [1.807, 2.05) is 73.0 Å². The van der Waals surface area contributed by atoms with Crippen LogP contribution in [0.5, 0.6) is 0 Å². The molecule has 0 unspecified atom stereocenters. The summed E-state index contributed by atoms with van der Waals surface area (Å²) in [5.74, 6) is 1.17. The van der Waals surface area contributed by atoms with Gasteiger partial charge >= 0.3 is 0 Å². The van der Waals surface area contributed by atoms with Crippen molar-refractivity contribution in [3.05, 3.63) is 71.7 Å². The third kappa shape index (κ3) is 2.67. The zero-order valence-electron chi connectivity index (χ0n) is 14.9. The first-order chi connectivity index (χ1) is 12.5. The van der Waals surface area contributed by atoms with Crippen molar-refractivity contribution in [1.29, 1.82) is 0 Å². The largest absolute Gasteiger partial charge is 0.293 e. The van der Waals surface area contributed by atoms with Crippen molar-refractivity contribution < 1.29 is 4.79 Å². The number of fused-ring (bicyclic) bond motifs is 1. The van der Waals surface area contributed by atoms with Gasteiger partial charge in [0.2, 0.25) is 0 Å². The van der Waals surface area contributed by atoms with Gasteiger partial charge in [0, 0.05) is 18.2 Å². The van der Waals surface area contributed by atoms with E-state index in [9.17, 15) is 4.79 Å². The molecule has 5 nitrogen and oxygen atoms in total. The number of ketones is 1. The molecule has 0 aliphatic heterocycles. The topological polar surface area (TPSA) is 60.7 Å². The highest BCUT2D eigenvalue weighted by atomic mass is 16.1. The molecular weight excluding hydrogens is 324 g/mol. The summed E-state index contributed by atoms with van der Waals surface area (Å²) in [6.07, 6.45) is 0. The van der Waals surface area contributed by atoms with E-state index in [-0.39, 0.29) is 5.78 Å². The minimum atomic E-state index is -0.122. The molecule has 0 aliphatic rings. The minimum absolute atomic E-state index is 0.122. The van der Waals surface area contributed by atoms with Crippen LogP contribution in [0, 0.1) is 13.8 Å². The van der Waals surface area contributed by atoms with Gasteiger partial charge in [-0.05, 0) is 26.0 Å². The molecule has 2 aromatic heterocycles. The van der Waals surface area contributed by atoms with Crippen LogP contribution in [0.1, 0.15) is 28.8 Å². The maximum atomic E-state index is 12.2. The number of aryl methyl sites for hydroxylation is 2. The van der Waals surface area contributed by atoms with E-state index >= 15 is 0 Å². The number of benzene rings is 2. The minimum Gasteiger partial charge on any atom is -0.293 e. The summed E-state index contributed by atoms with van der Waals surface area (Å²) in [6.45, 7) is 5.45. The van der Waals surface area contributed by atoms with E-state index in [4.69, 9.17) is 4.98 Å². The smallest absolute Gasteiger partial charge is 0.180 e. The van der Waals surface area contributed by atoms with Gasteiger partial charge < -0.3 is 0 Å². The Morgan fingerprint density at radius 1 is 0.885 bits per heavy atom. The van der Waals surface area contributed by atoms with Crippen LogP contribution in [0.15, 0.2) is 54.6 Å². The molecule has 0 fully saturated rings. The lowest BCUT2D eigenvalue weighted by Crippen LogP contribution is -2.04. The predicted octanol–water partition coefficient (Wildman–Crippen LogP) is 4.30. The van der Waals surface area contributed by atoms with Gasteiger partial charge in [0.1, 0.15) is 17.0 Å². The number of carbonyl (C=O) groups excluding carboxylic acids is 1. The highest BCUT2D eigenvalue weighted by molar-refractivity contribution is 6.03. The van der Waals surface area contributed by atoms with Gasteiger partial charge in [0.05, 0.1) is 0 Å². The van der Waals surface area contributed by atoms with E-state index in [0.717, 1.165) is 22.6 Å². The Morgan fingerprint density at radius 3 is 2.23 bits per heavy atom. The van der Waals surface area contributed by atoms with E-state index < -0.39 is 0 Å². The van der Waals surface area contributed by atoms with Gasteiger partial charge in [-0.2, -0.15) is 0 Å². The van der Waals surface area contributed by atoms with Gasteiger partial charge in [-0.1, -0.05) is 48.0 Å². The zero-order valence-corrected chi connectivity index (χ0v) is 14.9. The lowest BCUT2D eigenvalue weighted by molar-refractivity contribution is 0.101. The lowest BCUT2D eigenvalue weighted by atomic mass is 10.1. The van der Waals surface area contributed by atoms with Crippen LogP contribution in [0.25, 0.3) is 28.2 Å². The SMILES string of the molecule is CC(=O)c1nc(-c2ccc(C)cc2)nc2c1nc(C)n2-c1ccccc1. The van der Waals surface area contributed by atoms with Crippen LogP contribution in [0.2, 0.25) is 0 Å². The van der Waals surface area contributed by atoms with Crippen LogP contribution in [-0.4, -0.2) is 25.3 Å². The summed E-state index contributed by atoms with van der Waals surface area (Å²) in [4.78, 5) is 26.1. The van der Waals surface area contributed by atoms with E-state index in [1.54, 1.807) is 0 Å². The van der Waals surface area contributed by atoms with Gasteiger partial charge in [-0.3, -0.25) is 9.36 Å². The Kier molecular flexibility index (Phi) is 3.84. The van der Waals surface area contributed by atoms with Gasteiger partial charge in [-0.15, -0.1) is 0 Å². The molecule has 0 bridgehead atoms. The van der Waals surface area contributed by atoms with Crippen molar-refractivity contribution >= 4 is 16.9 Å². The Labute approximate surface area is 151 Å². The molecule has 0 radical (unpaired) electrons. The second kappa shape index (κ2) is 6.19. The average Bonchev–Trinajstić information content (AvgIpc) is 2.97. The number of imidazole rings is 1. The number of hydrogen-bond donors (Lipinski definition) is 0. The molecule has 2 aromatic carbocycles. The first-order valence-electron chi connectivity index (χ1n) is 8.45.